The molecule has 0 heterocycles. The minimum atomic E-state index is 0.366. The van der Waals surface area contributed by atoms with Crippen LogP contribution in [0.1, 0.15) is 23.6 Å². The van der Waals surface area contributed by atoms with Gasteiger partial charge < -0.3 is 0 Å². The summed E-state index contributed by atoms with van der Waals surface area (Å²) < 4.78 is 0. The van der Waals surface area contributed by atoms with Gasteiger partial charge in [0, 0.05) is 11.8 Å². The highest BCUT2D eigenvalue weighted by atomic mass is 32.2. The van der Waals surface area contributed by atoms with Crippen molar-refractivity contribution in [1.82, 2.24) is 5.43 Å². The number of hydrazine groups is 1. The maximum Gasteiger partial charge on any atom is 0.0341 e. The van der Waals surface area contributed by atoms with E-state index >= 15 is 0 Å². The molecular weight excluding hydrogens is 216 g/mol. The van der Waals surface area contributed by atoms with Crippen LogP contribution in [0.25, 0.3) is 0 Å². The number of rotatable bonds is 6. The summed E-state index contributed by atoms with van der Waals surface area (Å²) in [4.78, 5) is 0. The van der Waals surface area contributed by atoms with Gasteiger partial charge in [0.05, 0.1) is 0 Å². The number of hydrogen-bond acceptors (Lipinski definition) is 3. The van der Waals surface area contributed by atoms with E-state index in [1.165, 1.54) is 16.7 Å². The molecule has 16 heavy (non-hydrogen) atoms. The Morgan fingerprint density at radius 1 is 1.31 bits per heavy atom. The average molecular weight is 238 g/mol. The molecule has 3 heteroatoms. The number of nitrogens with one attached hydrogen (secondary N) is 1. The number of nitrogens with two attached hydrogens (primary N) is 1. The molecule has 0 aliphatic heterocycles. The fraction of sp³-hybridized carbons (Fsp3) is 0.538. The standard InChI is InChI=1S/C13H22N2S/c1-4-16-9-12(15-14)8-13-10(2)6-5-7-11(13)3/h5-7,12,15H,4,8-9,14H2,1-3H3. The van der Waals surface area contributed by atoms with Gasteiger partial charge in [0.2, 0.25) is 0 Å². The van der Waals surface area contributed by atoms with Crippen molar-refractivity contribution >= 4 is 11.8 Å². The predicted molar refractivity (Wildman–Crippen MR) is 73.7 cm³/mol. The third kappa shape index (κ3) is 3.81. The normalized spacial score (nSPS) is 12.8. The van der Waals surface area contributed by atoms with Crippen molar-refractivity contribution < 1.29 is 0 Å². The summed E-state index contributed by atoms with van der Waals surface area (Å²) in [6.07, 6.45) is 1.02. The van der Waals surface area contributed by atoms with Crippen molar-refractivity contribution in [2.45, 2.75) is 33.2 Å². The van der Waals surface area contributed by atoms with E-state index in [0.717, 1.165) is 17.9 Å². The highest BCUT2D eigenvalue weighted by Crippen LogP contribution is 2.16. The van der Waals surface area contributed by atoms with Crippen LogP contribution in [0.2, 0.25) is 0 Å². The summed E-state index contributed by atoms with van der Waals surface area (Å²) >= 11 is 1.93. The lowest BCUT2D eigenvalue weighted by molar-refractivity contribution is 0.573. The van der Waals surface area contributed by atoms with Gasteiger partial charge in [-0.2, -0.15) is 11.8 Å². The molecule has 1 aromatic carbocycles. The summed E-state index contributed by atoms with van der Waals surface area (Å²) in [5, 5.41) is 0. The highest BCUT2D eigenvalue weighted by Gasteiger charge is 2.10. The van der Waals surface area contributed by atoms with Crippen LogP contribution < -0.4 is 11.3 Å². The van der Waals surface area contributed by atoms with Gasteiger partial charge in [-0.1, -0.05) is 25.1 Å². The zero-order valence-electron chi connectivity index (χ0n) is 10.4. The van der Waals surface area contributed by atoms with Crippen molar-refractivity contribution in [2.75, 3.05) is 11.5 Å². The van der Waals surface area contributed by atoms with E-state index in [1.807, 2.05) is 11.8 Å². The molecular formula is C13H22N2S. The highest BCUT2D eigenvalue weighted by molar-refractivity contribution is 7.99. The molecule has 0 saturated heterocycles. The molecule has 1 atom stereocenters. The molecule has 0 saturated carbocycles. The van der Waals surface area contributed by atoms with E-state index in [2.05, 4.69) is 44.4 Å². The van der Waals surface area contributed by atoms with Crippen LogP contribution in [0, 0.1) is 13.8 Å². The molecule has 2 nitrogen and oxygen atoms in total. The van der Waals surface area contributed by atoms with Crippen LogP contribution in [0.5, 0.6) is 0 Å². The van der Waals surface area contributed by atoms with Crippen LogP contribution in [-0.4, -0.2) is 17.5 Å². The Labute approximate surface area is 103 Å². The first-order valence-electron chi connectivity index (χ1n) is 5.78. The van der Waals surface area contributed by atoms with E-state index in [4.69, 9.17) is 5.84 Å². The number of thioether (sulfide) groups is 1. The molecule has 0 spiro atoms. The smallest absolute Gasteiger partial charge is 0.0341 e. The minimum Gasteiger partial charge on any atom is -0.271 e. The Morgan fingerprint density at radius 2 is 1.94 bits per heavy atom. The Bertz CT molecular complexity index is 305. The quantitative estimate of drug-likeness (QED) is 0.590. The molecule has 0 aliphatic rings. The van der Waals surface area contributed by atoms with Gasteiger partial charge >= 0.3 is 0 Å². The number of hydrogen-bond donors (Lipinski definition) is 2. The summed E-state index contributed by atoms with van der Waals surface area (Å²) in [5.74, 6) is 7.81. The van der Waals surface area contributed by atoms with Gasteiger partial charge in [0.15, 0.2) is 0 Å². The largest absolute Gasteiger partial charge is 0.271 e. The van der Waals surface area contributed by atoms with Gasteiger partial charge in [-0.15, -0.1) is 0 Å². The maximum atomic E-state index is 5.60. The monoisotopic (exact) mass is 238 g/mol. The molecule has 0 fully saturated rings. The lowest BCUT2D eigenvalue weighted by Crippen LogP contribution is -2.39. The molecule has 1 unspecified atom stereocenters. The van der Waals surface area contributed by atoms with Crippen LogP contribution in [0.4, 0.5) is 0 Å². The maximum absolute atomic E-state index is 5.60. The third-order valence-corrected chi connectivity index (χ3v) is 3.90. The molecule has 0 aromatic heterocycles. The van der Waals surface area contributed by atoms with Gasteiger partial charge in [0.1, 0.15) is 0 Å². The van der Waals surface area contributed by atoms with Gasteiger partial charge in [-0.25, -0.2) is 0 Å². The average Bonchev–Trinajstić information content (AvgIpc) is 2.28. The summed E-state index contributed by atoms with van der Waals surface area (Å²) in [5.41, 5.74) is 7.08. The van der Waals surface area contributed by atoms with Crippen LogP contribution in [0.3, 0.4) is 0 Å². The summed E-state index contributed by atoms with van der Waals surface area (Å²) in [7, 11) is 0. The SMILES string of the molecule is CCSCC(Cc1c(C)cccc1C)NN. The van der Waals surface area contributed by atoms with Crippen LogP contribution >= 0.6 is 11.8 Å². The zero-order valence-corrected chi connectivity index (χ0v) is 11.2. The first-order valence-corrected chi connectivity index (χ1v) is 6.93. The van der Waals surface area contributed by atoms with Crippen molar-refractivity contribution in [1.29, 1.82) is 0 Å². The second-order valence-corrected chi connectivity index (χ2v) is 5.42. The van der Waals surface area contributed by atoms with E-state index in [1.54, 1.807) is 0 Å². The number of benzene rings is 1. The molecule has 0 bridgehead atoms. The van der Waals surface area contributed by atoms with Crippen molar-refractivity contribution in [3.63, 3.8) is 0 Å². The first kappa shape index (κ1) is 13.6. The Kier molecular flexibility index (Phi) is 5.88. The Hall–Kier alpha value is -0.510. The van der Waals surface area contributed by atoms with Crippen molar-refractivity contribution in [2.24, 2.45) is 5.84 Å². The fourth-order valence-electron chi connectivity index (χ4n) is 1.84. The van der Waals surface area contributed by atoms with Gasteiger partial charge in [0.25, 0.3) is 0 Å². The molecule has 3 N–H and O–H groups in total. The van der Waals surface area contributed by atoms with Crippen LogP contribution in [-0.2, 0) is 6.42 Å². The van der Waals surface area contributed by atoms with Crippen LogP contribution in [0.15, 0.2) is 18.2 Å². The Morgan fingerprint density at radius 3 is 2.44 bits per heavy atom. The lowest BCUT2D eigenvalue weighted by atomic mass is 9.97. The van der Waals surface area contributed by atoms with Gasteiger partial charge in [-0.05, 0) is 42.7 Å². The van der Waals surface area contributed by atoms with Crippen molar-refractivity contribution in [3.8, 4) is 0 Å². The first-order chi connectivity index (χ1) is 7.69. The van der Waals surface area contributed by atoms with E-state index in [0.29, 0.717) is 6.04 Å². The van der Waals surface area contributed by atoms with E-state index < -0.39 is 0 Å². The molecule has 0 radical (unpaired) electrons. The van der Waals surface area contributed by atoms with Gasteiger partial charge in [-0.3, -0.25) is 11.3 Å². The van der Waals surface area contributed by atoms with E-state index in [9.17, 15) is 0 Å². The third-order valence-electron chi connectivity index (χ3n) is 2.85. The second kappa shape index (κ2) is 6.94. The molecule has 1 aromatic rings. The number of aryl methyl sites for hydroxylation is 2. The summed E-state index contributed by atoms with van der Waals surface area (Å²) in [6, 6.07) is 6.82. The fourth-order valence-corrected chi connectivity index (χ4v) is 2.58. The topological polar surface area (TPSA) is 38.0 Å². The molecule has 0 aliphatic carbocycles. The second-order valence-electron chi connectivity index (χ2n) is 4.10. The Balaban J connectivity index is 2.69. The predicted octanol–water partition coefficient (Wildman–Crippen LogP) is 2.43. The minimum absolute atomic E-state index is 0.366. The molecule has 90 valence electrons. The molecule has 0 amide bonds. The zero-order chi connectivity index (χ0) is 12.0. The van der Waals surface area contributed by atoms with E-state index in [-0.39, 0.29) is 0 Å². The van der Waals surface area contributed by atoms with Crippen molar-refractivity contribution in [3.05, 3.63) is 34.9 Å². The summed E-state index contributed by atoms with van der Waals surface area (Å²) in [6.45, 7) is 6.52. The lowest BCUT2D eigenvalue weighted by Gasteiger charge is -2.18. The molecule has 1 rings (SSSR count).